The van der Waals surface area contributed by atoms with Gasteiger partial charge < -0.3 is 5.11 Å². The van der Waals surface area contributed by atoms with Crippen molar-refractivity contribution in [2.75, 3.05) is 0 Å². The average Bonchev–Trinajstić information content (AvgIpc) is 2.14. The molecule has 0 bridgehead atoms. The van der Waals surface area contributed by atoms with Crippen LogP contribution in [0.25, 0.3) is 0 Å². The first-order chi connectivity index (χ1) is 7.32. The maximum Gasteiger partial charge on any atom is 0.402 e. The molecule has 0 fully saturated rings. The number of carbonyl (C=O) groups is 1. The summed E-state index contributed by atoms with van der Waals surface area (Å²) in [7, 11) is 0. The molecule has 1 atom stereocenters. The van der Waals surface area contributed by atoms with Crippen LogP contribution in [-0.4, -0.2) is 17.3 Å². The summed E-state index contributed by atoms with van der Waals surface area (Å²) in [5, 5.41) is 8.54. The highest BCUT2D eigenvalue weighted by Crippen LogP contribution is 2.30. The van der Waals surface area contributed by atoms with Gasteiger partial charge in [-0.25, -0.2) is 0 Å². The molecule has 1 aromatic carbocycles. The van der Waals surface area contributed by atoms with Crippen LogP contribution in [-0.2, 0) is 11.2 Å². The van der Waals surface area contributed by atoms with Crippen LogP contribution in [0.2, 0.25) is 0 Å². The fourth-order valence-corrected chi connectivity index (χ4v) is 1.40. The third-order valence-corrected chi connectivity index (χ3v) is 2.38. The van der Waals surface area contributed by atoms with Crippen LogP contribution >= 0.6 is 0 Å². The minimum absolute atomic E-state index is 0.409. The predicted molar refractivity (Wildman–Crippen MR) is 52.1 cm³/mol. The molecule has 0 heterocycles. The van der Waals surface area contributed by atoms with Crippen LogP contribution in [0.4, 0.5) is 13.2 Å². The summed E-state index contributed by atoms with van der Waals surface area (Å²) < 4.78 is 37.2. The van der Waals surface area contributed by atoms with E-state index in [0.29, 0.717) is 11.1 Å². The molecule has 0 amide bonds. The van der Waals surface area contributed by atoms with Crippen molar-refractivity contribution in [2.24, 2.45) is 5.92 Å². The van der Waals surface area contributed by atoms with Gasteiger partial charge in [0.2, 0.25) is 0 Å². The number of aryl methyl sites for hydroxylation is 1. The molecule has 0 spiro atoms. The molecular formula is C11H11F3O2. The van der Waals surface area contributed by atoms with Crippen LogP contribution < -0.4 is 0 Å². The number of carboxylic acid groups (broad SMARTS) is 1. The third kappa shape index (κ3) is 2.98. The Morgan fingerprint density at radius 1 is 1.38 bits per heavy atom. The first-order valence-corrected chi connectivity index (χ1v) is 4.66. The minimum atomic E-state index is -4.71. The fraction of sp³-hybridized carbons (Fsp3) is 0.364. The average molecular weight is 232 g/mol. The van der Waals surface area contributed by atoms with E-state index in [4.69, 9.17) is 5.11 Å². The molecule has 1 rings (SSSR count). The summed E-state index contributed by atoms with van der Waals surface area (Å²) in [6.45, 7) is 1.66. The number of aliphatic carboxylic acids is 1. The normalized spacial score (nSPS) is 13.5. The lowest BCUT2D eigenvalue weighted by Gasteiger charge is -2.16. The van der Waals surface area contributed by atoms with Crippen molar-refractivity contribution >= 4 is 5.97 Å². The van der Waals surface area contributed by atoms with E-state index < -0.39 is 24.5 Å². The van der Waals surface area contributed by atoms with Gasteiger partial charge in [-0.15, -0.1) is 0 Å². The highest BCUT2D eigenvalue weighted by Gasteiger charge is 2.44. The maximum absolute atomic E-state index is 12.4. The number of hydrogen-bond acceptors (Lipinski definition) is 1. The second-order valence-corrected chi connectivity index (χ2v) is 3.56. The van der Waals surface area contributed by atoms with Crippen molar-refractivity contribution in [3.05, 3.63) is 35.4 Å². The molecule has 1 unspecified atom stereocenters. The van der Waals surface area contributed by atoms with Gasteiger partial charge in [0.1, 0.15) is 0 Å². The van der Waals surface area contributed by atoms with E-state index in [9.17, 15) is 18.0 Å². The molecule has 2 nitrogen and oxygen atoms in total. The smallest absolute Gasteiger partial charge is 0.402 e. The number of rotatable bonds is 3. The lowest BCUT2D eigenvalue weighted by atomic mass is 9.96. The quantitative estimate of drug-likeness (QED) is 0.870. The predicted octanol–water partition coefficient (Wildman–Crippen LogP) is 2.80. The van der Waals surface area contributed by atoms with Gasteiger partial charge in [-0.1, -0.05) is 24.3 Å². The van der Waals surface area contributed by atoms with Crippen molar-refractivity contribution < 1.29 is 23.1 Å². The standard InChI is InChI=1S/C11H11F3O2/c1-7-4-2-3-5-8(7)6-9(10(15)16)11(12,13)14/h2-5,9H,6H2,1H3,(H,15,16). The SMILES string of the molecule is Cc1ccccc1CC(C(=O)O)C(F)(F)F. The van der Waals surface area contributed by atoms with E-state index in [1.165, 1.54) is 6.07 Å². The fourth-order valence-electron chi connectivity index (χ4n) is 1.40. The molecule has 16 heavy (non-hydrogen) atoms. The molecule has 0 aromatic heterocycles. The first-order valence-electron chi connectivity index (χ1n) is 4.66. The monoisotopic (exact) mass is 232 g/mol. The Hall–Kier alpha value is -1.52. The Balaban J connectivity index is 2.94. The van der Waals surface area contributed by atoms with Gasteiger partial charge in [-0.2, -0.15) is 13.2 Å². The summed E-state index contributed by atoms with van der Waals surface area (Å²) in [6.07, 6.45) is -5.24. The molecule has 0 aliphatic rings. The first kappa shape index (κ1) is 12.5. The Kier molecular flexibility index (Phi) is 3.57. The van der Waals surface area contributed by atoms with Crippen LogP contribution in [0.5, 0.6) is 0 Å². The second kappa shape index (κ2) is 4.55. The zero-order valence-corrected chi connectivity index (χ0v) is 8.58. The molecule has 88 valence electrons. The minimum Gasteiger partial charge on any atom is -0.481 e. The zero-order chi connectivity index (χ0) is 12.3. The van der Waals surface area contributed by atoms with E-state index >= 15 is 0 Å². The second-order valence-electron chi connectivity index (χ2n) is 3.56. The number of carboxylic acids is 1. The van der Waals surface area contributed by atoms with Crippen molar-refractivity contribution in [1.29, 1.82) is 0 Å². The highest BCUT2D eigenvalue weighted by atomic mass is 19.4. The molecule has 0 saturated carbocycles. The number of alkyl halides is 3. The summed E-state index contributed by atoms with van der Waals surface area (Å²) in [5.41, 5.74) is 1.07. The van der Waals surface area contributed by atoms with E-state index in [1.54, 1.807) is 25.1 Å². The molecule has 0 radical (unpaired) electrons. The van der Waals surface area contributed by atoms with Crippen molar-refractivity contribution in [2.45, 2.75) is 19.5 Å². The van der Waals surface area contributed by atoms with Gasteiger partial charge in [0.05, 0.1) is 0 Å². The van der Waals surface area contributed by atoms with Gasteiger partial charge in [0.25, 0.3) is 0 Å². The molecule has 0 saturated heterocycles. The van der Waals surface area contributed by atoms with Gasteiger partial charge in [-0.3, -0.25) is 4.79 Å². The lowest BCUT2D eigenvalue weighted by molar-refractivity contribution is -0.193. The van der Waals surface area contributed by atoms with Crippen molar-refractivity contribution in [1.82, 2.24) is 0 Å². The van der Waals surface area contributed by atoms with Crippen LogP contribution in [0.1, 0.15) is 11.1 Å². The summed E-state index contributed by atoms with van der Waals surface area (Å²) in [4.78, 5) is 10.5. The van der Waals surface area contributed by atoms with Crippen LogP contribution in [0.15, 0.2) is 24.3 Å². The lowest BCUT2D eigenvalue weighted by Crippen LogP contribution is -2.32. The van der Waals surface area contributed by atoms with Gasteiger partial charge in [0, 0.05) is 0 Å². The molecule has 0 aliphatic heterocycles. The van der Waals surface area contributed by atoms with Gasteiger partial charge >= 0.3 is 12.1 Å². The maximum atomic E-state index is 12.4. The van der Waals surface area contributed by atoms with E-state index in [1.807, 2.05) is 0 Å². The number of benzene rings is 1. The van der Waals surface area contributed by atoms with Crippen molar-refractivity contribution in [3.63, 3.8) is 0 Å². The Labute approximate surface area is 90.7 Å². The van der Waals surface area contributed by atoms with E-state index in [2.05, 4.69) is 0 Å². The molecule has 5 heteroatoms. The largest absolute Gasteiger partial charge is 0.481 e. The Morgan fingerprint density at radius 3 is 2.38 bits per heavy atom. The molecular weight excluding hydrogens is 221 g/mol. The van der Waals surface area contributed by atoms with Gasteiger partial charge in [-0.05, 0) is 24.5 Å². The third-order valence-electron chi connectivity index (χ3n) is 2.38. The number of halogens is 3. The number of hydrogen-bond donors (Lipinski definition) is 1. The van der Waals surface area contributed by atoms with Crippen molar-refractivity contribution in [3.8, 4) is 0 Å². The highest BCUT2D eigenvalue weighted by molar-refractivity contribution is 5.71. The Morgan fingerprint density at radius 2 is 1.94 bits per heavy atom. The molecule has 0 aliphatic carbocycles. The topological polar surface area (TPSA) is 37.3 Å². The Bertz CT molecular complexity index is 385. The van der Waals surface area contributed by atoms with E-state index in [-0.39, 0.29) is 0 Å². The van der Waals surface area contributed by atoms with Crippen LogP contribution in [0, 0.1) is 12.8 Å². The summed E-state index contributed by atoms with van der Waals surface area (Å²) >= 11 is 0. The molecule has 1 N–H and O–H groups in total. The van der Waals surface area contributed by atoms with E-state index in [0.717, 1.165) is 0 Å². The molecule has 1 aromatic rings. The summed E-state index contributed by atoms with van der Waals surface area (Å²) in [6, 6.07) is 6.46. The van der Waals surface area contributed by atoms with Crippen LogP contribution in [0.3, 0.4) is 0 Å². The zero-order valence-electron chi connectivity index (χ0n) is 8.58. The summed E-state index contributed by atoms with van der Waals surface area (Å²) in [5.74, 6) is -4.18. The van der Waals surface area contributed by atoms with Gasteiger partial charge in [0.15, 0.2) is 5.92 Å².